The summed E-state index contributed by atoms with van der Waals surface area (Å²) in [6.45, 7) is 1.38. The molecular weight excluding hydrogens is 263 g/mol. The van der Waals surface area contributed by atoms with Gasteiger partial charge in [0, 0.05) is 29.8 Å². The first-order chi connectivity index (χ1) is 9.49. The molecule has 5 nitrogen and oxygen atoms in total. The molecule has 106 valence electrons. The Morgan fingerprint density at radius 1 is 1.45 bits per heavy atom. The van der Waals surface area contributed by atoms with Crippen LogP contribution in [0.15, 0.2) is 28.1 Å². The molecule has 1 N–H and O–H groups in total. The Balaban J connectivity index is 2.97. The lowest BCUT2D eigenvalue weighted by atomic mass is 10.0. The lowest BCUT2D eigenvalue weighted by molar-refractivity contribution is 0.213. The molecule has 0 aliphatic carbocycles. The Morgan fingerprint density at radius 2 is 2.15 bits per heavy atom. The highest BCUT2D eigenvalue weighted by atomic mass is 19.1. The normalized spacial score (nSPS) is 11.9. The standard InChI is InChI=1S/C14H15FN2O3/c1-8(16-20-3)11-4-9(15)5-12-13(19)6-10(7-18)17(2)14(11)12/h4-6,18H,7H2,1-3H3/b16-8-. The van der Waals surface area contributed by atoms with Crippen molar-refractivity contribution in [2.75, 3.05) is 7.11 Å². The lowest BCUT2D eigenvalue weighted by Gasteiger charge is -2.14. The molecule has 0 unspecified atom stereocenters. The number of rotatable bonds is 3. The molecule has 0 radical (unpaired) electrons. The highest BCUT2D eigenvalue weighted by Gasteiger charge is 2.14. The molecule has 0 saturated heterocycles. The zero-order valence-electron chi connectivity index (χ0n) is 11.5. The van der Waals surface area contributed by atoms with Crippen LogP contribution in [0, 0.1) is 5.82 Å². The van der Waals surface area contributed by atoms with Crippen LogP contribution in [-0.4, -0.2) is 22.5 Å². The summed E-state index contributed by atoms with van der Waals surface area (Å²) in [5.41, 5.74) is 1.52. The van der Waals surface area contributed by atoms with Gasteiger partial charge in [0.05, 0.1) is 17.8 Å². The zero-order chi connectivity index (χ0) is 14.9. The lowest BCUT2D eigenvalue weighted by Crippen LogP contribution is -2.15. The second-order valence-corrected chi connectivity index (χ2v) is 4.43. The topological polar surface area (TPSA) is 63.8 Å². The predicted molar refractivity (Wildman–Crippen MR) is 74.3 cm³/mol. The Morgan fingerprint density at radius 3 is 2.75 bits per heavy atom. The number of pyridine rings is 1. The molecule has 1 aromatic carbocycles. The number of hydrogen-bond acceptors (Lipinski definition) is 4. The van der Waals surface area contributed by atoms with E-state index in [2.05, 4.69) is 5.16 Å². The van der Waals surface area contributed by atoms with Gasteiger partial charge in [0.1, 0.15) is 12.9 Å². The number of nitrogens with zero attached hydrogens (tertiary/aromatic N) is 2. The van der Waals surface area contributed by atoms with Crippen molar-refractivity contribution in [3.63, 3.8) is 0 Å². The summed E-state index contributed by atoms with van der Waals surface area (Å²) in [5, 5.41) is 13.3. The minimum Gasteiger partial charge on any atom is -0.399 e. The molecule has 2 aromatic rings. The van der Waals surface area contributed by atoms with Gasteiger partial charge in [-0.25, -0.2) is 4.39 Å². The van der Waals surface area contributed by atoms with Crippen molar-refractivity contribution in [3.8, 4) is 0 Å². The van der Waals surface area contributed by atoms with E-state index in [0.717, 1.165) is 0 Å². The highest BCUT2D eigenvalue weighted by Crippen LogP contribution is 2.20. The minimum absolute atomic E-state index is 0.241. The maximum Gasteiger partial charge on any atom is 0.189 e. The highest BCUT2D eigenvalue weighted by molar-refractivity contribution is 6.08. The summed E-state index contributed by atoms with van der Waals surface area (Å²) in [7, 11) is 3.10. The number of aryl methyl sites for hydroxylation is 1. The van der Waals surface area contributed by atoms with Gasteiger partial charge >= 0.3 is 0 Å². The quantitative estimate of drug-likeness (QED) is 0.684. The van der Waals surface area contributed by atoms with Gasteiger partial charge in [-0.05, 0) is 19.1 Å². The van der Waals surface area contributed by atoms with Gasteiger partial charge in [0.2, 0.25) is 0 Å². The van der Waals surface area contributed by atoms with Crippen molar-refractivity contribution in [2.24, 2.45) is 12.2 Å². The van der Waals surface area contributed by atoms with Crippen LogP contribution < -0.4 is 5.43 Å². The van der Waals surface area contributed by atoms with Crippen LogP contribution in [0.3, 0.4) is 0 Å². The van der Waals surface area contributed by atoms with Crippen LogP contribution in [0.1, 0.15) is 18.2 Å². The van der Waals surface area contributed by atoms with Crippen LogP contribution in [0.25, 0.3) is 10.9 Å². The average Bonchev–Trinajstić information content (AvgIpc) is 2.42. The van der Waals surface area contributed by atoms with E-state index >= 15 is 0 Å². The van der Waals surface area contributed by atoms with E-state index in [1.165, 1.54) is 25.3 Å². The largest absolute Gasteiger partial charge is 0.399 e. The fourth-order valence-electron chi connectivity index (χ4n) is 2.23. The van der Waals surface area contributed by atoms with Crippen molar-refractivity contribution in [2.45, 2.75) is 13.5 Å². The number of aromatic nitrogens is 1. The predicted octanol–water partition coefficient (Wildman–Crippen LogP) is 1.54. The molecule has 0 atom stereocenters. The maximum absolute atomic E-state index is 13.7. The number of benzene rings is 1. The van der Waals surface area contributed by atoms with Crippen LogP contribution >= 0.6 is 0 Å². The van der Waals surface area contributed by atoms with Gasteiger partial charge in [-0.3, -0.25) is 4.79 Å². The van der Waals surface area contributed by atoms with Crippen LogP contribution in [0.5, 0.6) is 0 Å². The van der Waals surface area contributed by atoms with Gasteiger partial charge in [-0.1, -0.05) is 5.16 Å². The Hall–Kier alpha value is -2.21. The summed E-state index contributed by atoms with van der Waals surface area (Å²) in [6.07, 6.45) is 0. The van der Waals surface area contributed by atoms with E-state index in [9.17, 15) is 14.3 Å². The van der Waals surface area contributed by atoms with Crippen LogP contribution in [-0.2, 0) is 18.5 Å². The zero-order valence-corrected chi connectivity index (χ0v) is 11.5. The summed E-state index contributed by atoms with van der Waals surface area (Å²) in [6, 6.07) is 3.78. The first-order valence-corrected chi connectivity index (χ1v) is 6.00. The number of oxime groups is 1. The number of aliphatic hydroxyl groups excluding tert-OH is 1. The van der Waals surface area contributed by atoms with E-state index in [1.807, 2.05) is 0 Å². The Bertz CT molecular complexity index is 750. The molecule has 2 rings (SSSR count). The molecule has 1 heterocycles. The minimum atomic E-state index is -0.521. The van der Waals surface area contributed by atoms with E-state index in [1.54, 1.807) is 18.5 Å². The van der Waals surface area contributed by atoms with Crippen molar-refractivity contribution < 1.29 is 14.3 Å². The maximum atomic E-state index is 13.7. The summed E-state index contributed by atoms with van der Waals surface area (Å²) in [5.74, 6) is -0.521. The van der Waals surface area contributed by atoms with E-state index in [4.69, 9.17) is 4.84 Å². The third kappa shape index (κ3) is 2.30. The van der Waals surface area contributed by atoms with Crippen LogP contribution in [0.2, 0.25) is 0 Å². The second kappa shape index (κ2) is 5.42. The van der Waals surface area contributed by atoms with Gasteiger partial charge < -0.3 is 14.5 Å². The SMILES string of the molecule is CO/N=C(/C)c1cc(F)cc2c(=O)cc(CO)n(C)c12. The summed E-state index contributed by atoms with van der Waals surface area (Å²) in [4.78, 5) is 16.7. The smallest absolute Gasteiger partial charge is 0.189 e. The molecule has 0 bridgehead atoms. The number of aliphatic hydroxyl groups is 1. The molecule has 0 amide bonds. The first kappa shape index (κ1) is 14.2. The second-order valence-electron chi connectivity index (χ2n) is 4.43. The average molecular weight is 278 g/mol. The van der Waals surface area contributed by atoms with E-state index < -0.39 is 5.82 Å². The summed E-state index contributed by atoms with van der Waals surface area (Å²) < 4.78 is 15.4. The number of fused-ring (bicyclic) bond motifs is 1. The molecule has 0 saturated carbocycles. The van der Waals surface area contributed by atoms with Gasteiger partial charge in [0.25, 0.3) is 0 Å². The fraction of sp³-hybridized carbons (Fsp3) is 0.286. The monoisotopic (exact) mass is 278 g/mol. The number of halogens is 1. The molecule has 6 heteroatoms. The third-order valence-electron chi connectivity index (χ3n) is 3.18. The molecule has 0 fully saturated rings. The molecule has 0 aliphatic heterocycles. The molecule has 20 heavy (non-hydrogen) atoms. The molecule has 1 aromatic heterocycles. The Kier molecular flexibility index (Phi) is 3.85. The van der Waals surface area contributed by atoms with Gasteiger partial charge in [-0.15, -0.1) is 0 Å². The van der Waals surface area contributed by atoms with Gasteiger partial charge in [-0.2, -0.15) is 0 Å². The van der Waals surface area contributed by atoms with Crippen molar-refractivity contribution in [1.29, 1.82) is 0 Å². The van der Waals surface area contributed by atoms with E-state index in [-0.39, 0.29) is 17.4 Å². The van der Waals surface area contributed by atoms with Crippen molar-refractivity contribution in [1.82, 2.24) is 4.57 Å². The first-order valence-electron chi connectivity index (χ1n) is 6.00. The molecule has 0 spiro atoms. The fourth-order valence-corrected chi connectivity index (χ4v) is 2.23. The number of hydrogen-bond donors (Lipinski definition) is 1. The molecular formula is C14H15FN2O3. The van der Waals surface area contributed by atoms with E-state index in [0.29, 0.717) is 22.5 Å². The van der Waals surface area contributed by atoms with Crippen molar-refractivity contribution >= 4 is 16.6 Å². The van der Waals surface area contributed by atoms with Gasteiger partial charge in [0.15, 0.2) is 5.43 Å². The third-order valence-corrected chi connectivity index (χ3v) is 3.18. The Labute approximate surface area is 114 Å². The van der Waals surface area contributed by atoms with Crippen LogP contribution in [0.4, 0.5) is 4.39 Å². The summed E-state index contributed by atoms with van der Waals surface area (Å²) >= 11 is 0. The van der Waals surface area contributed by atoms with Crippen molar-refractivity contribution in [3.05, 3.63) is 45.5 Å². The molecule has 0 aliphatic rings.